The second-order valence-corrected chi connectivity index (χ2v) is 9.28. The standard InChI is InChI=1S/C9H11ClN4O4S3/c1-5-3-7(19-8(5)10)21(17,18)13-9-6(20(11,15)16)4-14(2)12-9/h3-4H,1-2H3,(H,12,13)(H2,11,15,16). The number of primary sulfonamides is 1. The van der Waals surface area contributed by atoms with Gasteiger partial charge in [-0.25, -0.2) is 22.0 Å². The number of nitrogens with two attached hydrogens (primary N) is 1. The lowest BCUT2D eigenvalue weighted by molar-refractivity contribution is 0.598. The first-order valence-corrected chi connectivity index (χ1v) is 9.58. The lowest BCUT2D eigenvalue weighted by atomic mass is 10.4. The molecule has 2 aromatic rings. The molecule has 0 aliphatic rings. The van der Waals surface area contributed by atoms with Crippen molar-refractivity contribution in [2.45, 2.75) is 16.0 Å². The summed E-state index contributed by atoms with van der Waals surface area (Å²) in [4.78, 5) is -0.409. The molecule has 0 fully saturated rings. The molecule has 21 heavy (non-hydrogen) atoms. The third kappa shape index (κ3) is 3.37. The number of anilines is 1. The molecule has 0 bridgehead atoms. The fourth-order valence-corrected chi connectivity index (χ4v) is 4.94. The van der Waals surface area contributed by atoms with E-state index >= 15 is 0 Å². The van der Waals surface area contributed by atoms with Gasteiger partial charge in [0, 0.05) is 13.2 Å². The fourth-order valence-electron chi connectivity index (χ4n) is 1.49. The summed E-state index contributed by atoms with van der Waals surface area (Å²) in [6, 6.07) is 1.38. The first-order chi connectivity index (χ1) is 9.50. The molecule has 2 heterocycles. The minimum atomic E-state index is -4.10. The molecule has 0 aromatic carbocycles. The largest absolute Gasteiger partial charge is 0.272 e. The van der Waals surface area contributed by atoms with Crippen molar-refractivity contribution in [3.8, 4) is 0 Å². The molecule has 0 atom stereocenters. The van der Waals surface area contributed by atoms with Crippen LogP contribution in [0.1, 0.15) is 5.56 Å². The fraction of sp³-hybridized carbons (Fsp3) is 0.222. The van der Waals surface area contributed by atoms with Crippen LogP contribution < -0.4 is 9.86 Å². The van der Waals surface area contributed by atoms with Gasteiger partial charge in [-0.05, 0) is 18.6 Å². The van der Waals surface area contributed by atoms with Gasteiger partial charge in [0.2, 0.25) is 10.0 Å². The highest BCUT2D eigenvalue weighted by Gasteiger charge is 2.25. The molecule has 116 valence electrons. The van der Waals surface area contributed by atoms with Crippen molar-refractivity contribution < 1.29 is 16.8 Å². The van der Waals surface area contributed by atoms with Gasteiger partial charge in [0.1, 0.15) is 9.10 Å². The highest BCUT2D eigenvalue weighted by Crippen LogP contribution is 2.31. The smallest absolute Gasteiger partial charge is 0.272 e. The Morgan fingerprint density at radius 1 is 1.38 bits per heavy atom. The maximum Gasteiger partial charge on any atom is 0.272 e. The summed E-state index contributed by atoms with van der Waals surface area (Å²) in [7, 11) is -6.66. The first kappa shape index (κ1) is 16.2. The summed E-state index contributed by atoms with van der Waals surface area (Å²) in [6.45, 7) is 1.66. The number of nitrogens with one attached hydrogen (secondary N) is 1. The van der Waals surface area contributed by atoms with E-state index in [9.17, 15) is 16.8 Å². The maximum atomic E-state index is 12.2. The minimum Gasteiger partial charge on any atom is -0.272 e. The third-order valence-electron chi connectivity index (χ3n) is 2.43. The Kier molecular flexibility index (Phi) is 4.06. The summed E-state index contributed by atoms with van der Waals surface area (Å²) >= 11 is 6.70. The number of thiophene rings is 1. The van der Waals surface area contributed by atoms with Gasteiger partial charge in [-0.1, -0.05) is 11.6 Å². The number of hydrogen-bond donors (Lipinski definition) is 2. The van der Waals surface area contributed by atoms with Gasteiger partial charge in [-0.3, -0.25) is 9.40 Å². The number of halogens is 1. The number of sulfonamides is 2. The molecule has 0 amide bonds. The van der Waals surface area contributed by atoms with E-state index in [1.807, 2.05) is 0 Å². The second kappa shape index (κ2) is 5.25. The van der Waals surface area contributed by atoms with Crippen LogP contribution >= 0.6 is 22.9 Å². The van der Waals surface area contributed by atoms with Gasteiger partial charge in [0.05, 0.1) is 4.34 Å². The molecule has 0 radical (unpaired) electrons. The molecule has 12 heteroatoms. The number of aromatic nitrogens is 2. The average Bonchev–Trinajstić information content (AvgIpc) is 2.82. The molecular formula is C9H11ClN4O4S3. The zero-order valence-corrected chi connectivity index (χ0v) is 14.1. The van der Waals surface area contributed by atoms with Crippen molar-refractivity contribution in [3.63, 3.8) is 0 Å². The van der Waals surface area contributed by atoms with Crippen LogP contribution in [0.25, 0.3) is 0 Å². The number of aryl methyl sites for hydroxylation is 2. The highest BCUT2D eigenvalue weighted by molar-refractivity contribution is 7.95. The quantitative estimate of drug-likeness (QED) is 0.826. The van der Waals surface area contributed by atoms with E-state index in [-0.39, 0.29) is 10.0 Å². The van der Waals surface area contributed by atoms with E-state index in [0.717, 1.165) is 22.2 Å². The molecular weight excluding hydrogens is 360 g/mol. The van der Waals surface area contributed by atoms with E-state index in [4.69, 9.17) is 16.7 Å². The molecule has 0 unspecified atom stereocenters. The Balaban J connectivity index is 2.47. The van der Waals surface area contributed by atoms with Crippen LogP contribution in [0.4, 0.5) is 5.82 Å². The van der Waals surface area contributed by atoms with Gasteiger partial charge >= 0.3 is 0 Å². The normalized spacial score (nSPS) is 12.6. The van der Waals surface area contributed by atoms with Crippen molar-refractivity contribution in [2.24, 2.45) is 12.2 Å². The number of nitrogens with zero attached hydrogens (tertiary/aromatic N) is 2. The monoisotopic (exact) mass is 370 g/mol. The summed E-state index contributed by atoms with van der Waals surface area (Å²) in [5.41, 5.74) is 0.606. The van der Waals surface area contributed by atoms with E-state index in [1.165, 1.54) is 13.1 Å². The maximum absolute atomic E-state index is 12.2. The van der Waals surface area contributed by atoms with E-state index in [0.29, 0.717) is 9.90 Å². The molecule has 2 aromatic heterocycles. The Hall–Kier alpha value is -1.14. The minimum absolute atomic E-state index is 0.0453. The van der Waals surface area contributed by atoms with Gasteiger partial charge in [-0.15, -0.1) is 11.3 Å². The Morgan fingerprint density at radius 2 is 2.00 bits per heavy atom. The molecule has 0 aliphatic heterocycles. The number of rotatable bonds is 4. The van der Waals surface area contributed by atoms with Gasteiger partial charge in [0.15, 0.2) is 5.82 Å². The summed E-state index contributed by atoms with van der Waals surface area (Å²) in [6.07, 6.45) is 1.11. The number of hydrogen-bond acceptors (Lipinski definition) is 6. The van der Waals surface area contributed by atoms with Crippen LogP contribution in [0, 0.1) is 6.92 Å². The average molecular weight is 371 g/mol. The molecule has 0 saturated heterocycles. The second-order valence-electron chi connectivity index (χ2n) is 4.19. The highest BCUT2D eigenvalue weighted by atomic mass is 35.5. The van der Waals surface area contributed by atoms with E-state index < -0.39 is 24.9 Å². The molecule has 0 aliphatic carbocycles. The topological polar surface area (TPSA) is 124 Å². The van der Waals surface area contributed by atoms with Crippen molar-refractivity contribution in [1.82, 2.24) is 9.78 Å². The lowest BCUT2D eigenvalue weighted by Crippen LogP contribution is -2.17. The summed E-state index contributed by atoms with van der Waals surface area (Å²) < 4.78 is 50.8. The SMILES string of the molecule is Cc1cc(S(=O)(=O)Nc2nn(C)cc2S(N)(=O)=O)sc1Cl. The van der Waals surface area contributed by atoms with Gasteiger partial charge in [0.25, 0.3) is 10.0 Å². The van der Waals surface area contributed by atoms with Crippen molar-refractivity contribution >= 4 is 48.8 Å². The van der Waals surface area contributed by atoms with Crippen LogP contribution in [0.3, 0.4) is 0 Å². The van der Waals surface area contributed by atoms with Crippen LogP contribution in [-0.2, 0) is 27.1 Å². The first-order valence-electron chi connectivity index (χ1n) is 5.36. The van der Waals surface area contributed by atoms with Gasteiger partial charge < -0.3 is 0 Å². The Morgan fingerprint density at radius 3 is 2.48 bits per heavy atom. The van der Waals surface area contributed by atoms with Crippen LogP contribution in [-0.4, -0.2) is 26.6 Å². The molecule has 0 spiro atoms. The van der Waals surface area contributed by atoms with Crippen LogP contribution in [0.5, 0.6) is 0 Å². The third-order valence-corrected chi connectivity index (χ3v) is 6.71. The van der Waals surface area contributed by atoms with E-state index in [2.05, 4.69) is 9.82 Å². The molecule has 3 N–H and O–H groups in total. The zero-order chi connectivity index (χ0) is 16.0. The predicted octanol–water partition coefficient (Wildman–Crippen LogP) is 0.892. The van der Waals surface area contributed by atoms with Crippen molar-refractivity contribution in [3.05, 3.63) is 22.2 Å². The zero-order valence-electron chi connectivity index (χ0n) is 10.9. The van der Waals surface area contributed by atoms with E-state index in [1.54, 1.807) is 6.92 Å². The van der Waals surface area contributed by atoms with Crippen molar-refractivity contribution in [2.75, 3.05) is 4.72 Å². The molecule has 8 nitrogen and oxygen atoms in total. The van der Waals surface area contributed by atoms with Crippen molar-refractivity contribution in [1.29, 1.82) is 0 Å². The van der Waals surface area contributed by atoms with Crippen LogP contribution in [0.15, 0.2) is 21.4 Å². The predicted molar refractivity (Wildman–Crippen MR) is 79.5 cm³/mol. The van der Waals surface area contributed by atoms with Gasteiger partial charge in [-0.2, -0.15) is 5.10 Å². The Labute approximate surface area is 130 Å². The molecule has 2 rings (SSSR count). The summed E-state index contributed by atoms with van der Waals surface area (Å²) in [5.74, 6) is -0.359. The lowest BCUT2D eigenvalue weighted by Gasteiger charge is -2.04. The summed E-state index contributed by atoms with van der Waals surface area (Å²) in [5, 5.41) is 8.78. The molecule has 0 saturated carbocycles. The Bertz CT molecular complexity index is 878. The van der Waals surface area contributed by atoms with Crippen LogP contribution in [0.2, 0.25) is 4.34 Å².